The largest absolute Gasteiger partial charge is 0.314 e. The predicted molar refractivity (Wildman–Crippen MR) is 51.2 cm³/mol. The summed E-state index contributed by atoms with van der Waals surface area (Å²) in [5.74, 6) is 0. The molecular weight excluding hydrogens is 148 g/mol. The fourth-order valence-electron chi connectivity index (χ4n) is 2.20. The molecule has 1 saturated heterocycles. The van der Waals surface area contributed by atoms with Gasteiger partial charge < -0.3 is 5.32 Å². The first kappa shape index (κ1) is 8.27. The minimum Gasteiger partial charge on any atom is -0.314 e. The second kappa shape index (κ2) is 3.19. The molecule has 0 spiro atoms. The van der Waals surface area contributed by atoms with Crippen LogP contribution in [0.15, 0.2) is 12.7 Å². The lowest BCUT2D eigenvalue weighted by Gasteiger charge is -2.34. The monoisotopic (exact) mass is 166 g/mol. The maximum absolute atomic E-state index is 3.84. The third-order valence-electron chi connectivity index (χ3n) is 3.14. The normalized spacial score (nSPS) is 28.3. The van der Waals surface area contributed by atoms with Gasteiger partial charge in [0.25, 0.3) is 0 Å². The van der Waals surface area contributed by atoms with Gasteiger partial charge in [0.05, 0.1) is 0 Å². The Morgan fingerprint density at radius 1 is 1.33 bits per heavy atom. The summed E-state index contributed by atoms with van der Waals surface area (Å²) in [5, 5.41) is 3.39. The molecule has 12 heavy (non-hydrogen) atoms. The van der Waals surface area contributed by atoms with E-state index >= 15 is 0 Å². The van der Waals surface area contributed by atoms with E-state index in [0.717, 1.165) is 0 Å². The zero-order valence-electron chi connectivity index (χ0n) is 7.68. The number of piperazine rings is 1. The fraction of sp³-hybridized carbons (Fsp3) is 0.800. The molecule has 68 valence electrons. The number of nitrogens with one attached hydrogen (secondary N) is 1. The van der Waals surface area contributed by atoms with E-state index in [-0.39, 0.29) is 0 Å². The van der Waals surface area contributed by atoms with Gasteiger partial charge in [-0.3, -0.25) is 4.90 Å². The molecular formula is C10H18N2. The third-order valence-corrected chi connectivity index (χ3v) is 3.14. The maximum atomic E-state index is 3.84. The van der Waals surface area contributed by atoms with Crippen LogP contribution in [-0.2, 0) is 0 Å². The van der Waals surface area contributed by atoms with Crippen LogP contribution in [0.5, 0.6) is 0 Å². The highest BCUT2D eigenvalue weighted by molar-refractivity contribution is 5.07. The van der Waals surface area contributed by atoms with Crippen molar-refractivity contribution in [2.45, 2.75) is 24.8 Å². The van der Waals surface area contributed by atoms with Gasteiger partial charge in [0.2, 0.25) is 0 Å². The van der Waals surface area contributed by atoms with Crippen LogP contribution in [0, 0.1) is 0 Å². The molecule has 2 rings (SSSR count). The summed E-state index contributed by atoms with van der Waals surface area (Å²) >= 11 is 0. The van der Waals surface area contributed by atoms with Crippen molar-refractivity contribution in [1.82, 2.24) is 10.2 Å². The van der Waals surface area contributed by atoms with Crippen molar-refractivity contribution in [3.05, 3.63) is 12.7 Å². The highest BCUT2D eigenvalue weighted by atomic mass is 15.3. The Labute approximate surface area is 74.6 Å². The predicted octanol–water partition coefficient (Wildman–Crippen LogP) is 1.00. The quantitative estimate of drug-likeness (QED) is 0.629. The van der Waals surface area contributed by atoms with E-state index in [1.165, 1.54) is 45.4 Å². The standard InChI is InChI=1S/C10H18N2/c1-2-3-10(4-5-10)12-8-6-11-7-9-12/h2,11H,1,3-9H2. The van der Waals surface area contributed by atoms with E-state index in [0.29, 0.717) is 5.54 Å². The SMILES string of the molecule is C=CCC1(N2CCNCC2)CC1. The highest BCUT2D eigenvalue weighted by Gasteiger charge is 2.46. The van der Waals surface area contributed by atoms with Gasteiger partial charge in [0, 0.05) is 31.7 Å². The van der Waals surface area contributed by atoms with E-state index in [2.05, 4.69) is 22.9 Å². The zero-order chi connectivity index (χ0) is 8.44. The minimum atomic E-state index is 0.545. The van der Waals surface area contributed by atoms with Gasteiger partial charge in [-0.2, -0.15) is 0 Å². The molecule has 1 aliphatic carbocycles. The second-order valence-corrected chi connectivity index (χ2v) is 3.95. The van der Waals surface area contributed by atoms with Crippen molar-refractivity contribution >= 4 is 0 Å². The molecule has 2 aliphatic rings. The van der Waals surface area contributed by atoms with Gasteiger partial charge in [0.15, 0.2) is 0 Å². The Bertz CT molecular complexity index is 167. The van der Waals surface area contributed by atoms with Crippen molar-refractivity contribution in [1.29, 1.82) is 0 Å². The van der Waals surface area contributed by atoms with Gasteiger partial charge in [0.1, 0.15) is 0 Å². The van der Waals surface area contributed by atoms with Gasteiger partial charge in [-0.15, -0.1) is 6.58 Å². The molecule has 1 aliphatic heterocycles. The molecule has 1 heterocycles. The number of nitrogens with zero attached hydrogens (tertiary/aromatic N) is 1. The zero-order valence-corrected chi connectivity index (χ0v) is 7.68. The lowest BCUT2D eigenvalue weighted by molar-refractivity contribution is 0.156. The Morgan fingerprint density at radius 2 is 2.00 bits per heavy atom. The molecule has 1 saturated carbocycles. The number of hydrogen-bond donors (Lipinski definition) is 1. The molecule has 0 radical (unpaired) electrons. The van der Waals surface area contributed by atoms with Crippen molar-refractivity contribution in [2.75, 3.05) is 26.2 Å². The fourth-order valence-corrected chi connectivity index (χ4v) is 2.20. The Kier molecular flexibility index (Phi) is 2.20. The summed E-state index contributed by atoms with van der Waals surface area (Å²) in [4.78, 5) is 2.64. The molecule has 2 fully saturated rings. The van der Waals surface area contributed by atoms with Crippen molar-refractivity contribution in [3.63, 3.8) is 0 Å². The number of hydrogen-bond acceptors (Lipinski definition) is 2. The van der Waals surface area contributed by atoms with Gasteiger partial charge in [-0.1, -0.05) is 6.08 Å². The summed E-state index contributed by atoms with van der Waals surface area (Å²) in [5.41, 5.74) is 0.545. The van der Waals surface area contributed by atoms with Gasteiger partial charge >= 0.3 is 0 Å². The maximum Gasteiger partial charge on any atom is 0.0246 e. The van der Waals surface area contributed by atoms with Crippen LogP contribution >= 0.6 is 0 Å². The first-order valence-electron chi connectivity index (χ1n) is 4.94. The van der Waals surface area contributed by atoms with Gasteiger partial charge in [-0.25, -0.2) is 0 Å². The highest BCUT2D eigenvalue weighted by Crippen LogP contribution is 2.44. The van der Waals surface area contributed by atoms with Crippen LogP contribution in [0.1, 0.15) is 19.3 Å². The van der Waals surface area contributed by atoms with E-state index in [9.17, 15) is 0 Å². The molecule has 0 aromatic heterocycles. The minimum absolute atomic E-state index is 0.545. The molecule has 2 heteroatoms. The van der Waals surface area contributed by atoms with E-state index in [1.54, 1.807) is 0 Å². The van der Waals surface area contributed by atoms with Crippen LogP contribution in [0.2, 0.25) is 0 Å². The summed E-state index contributed by atoms with van der Waals surface area (Å²) < 4.78 is 0. The molecule has 0 aromatic rings. The first-order chi connectivity index (χ1) is 5.87. The summed E-state index contributed by atoms with van der Waals surface area (Å²) in [6.07, 6.45) is 6.04. The lowest BCUT2D eigenvalue weighted by atomic mass is 10.1. The van der Waals surface area contributed by atoms with Crippen LogP contribution in [0.3, 0.4) is 0 Å². The molecule has 0 aromatic carbocycles. The molecule has 2 nitrogen and oxygen atoms in total. The van der Waals surface area contributed by atoms with Crippen LogP contribution in [0.25, 0.3) is 0 Å². The van der Waals surface area contributed by atoms with Crippen molar-refractivity contribution in [2.24, 2.45) is 0 Å². The van der Waals surface area contributed by atoms with Crippen LogP contribution in [-0.4, -0.2) is 36.6 Å². The average molecular weight is 166 g/mol. The Hall–Kier alpha value is -0.340. The van der Waals surface area contributed by atoms with E-state index < -0.39 is 0 Å². The molecule has 1 N–H and O–H groups in total. The summed E-state index contributed by atoms with van der Waals surface area (Å²) in [7, 11) is 0. The van der Waals surface area contributed by atoms with Crippen molar-refractivity contribution in [3.8, 4) is 0 Å². The third kappa shape index (κ3) is 1.41. The van der Waals surface area contributed by atoms with E-state index in [1.807, 2.05) is 0 Å². The summed E-state index contributed by atoms with van der Waals surface area (Å²) in [6, 6.07) is 0. The summed E-state index contributed by atoms with van der Waals surface area (Å²) in [6.45, 7) is 8.63. The van der Waals surface area contributed by atoms with Crippen molar-refractivity contribution < 1.29 is 0 Å². The Balaban J connectivity index is 1.92. The Morgan fingerprint density at radius 3 is 2.50 bits per heavy atom. The second-order valence-electron chi connectivity index (χ2n) is 3.95. The molecule has 0 atom stereocenters. The topological polar surface area (TPSA) is 15.3 Å². The average Bonchev–Trinajstić information content (AvgIpc) is 2.88. The number of rotatable bonds is 3. The van der Waals surface area contributed by atoms with Crippen LogP contribution < -0.4 is 5.32 Å². The molecule has 0 amide bonds. The molecule has 0 unspecified atom stereocenters. The smallest absolute Gasteiger partial charge is 0.0246 e. The van der Waals surface area contributed by atoms with E-state index in [4.69, 9.17) is 0 Å². The molecule has 0 bridgehead atoms. The lowest BCUT2D eigenvalue weighted by Crippen LogP contribution is -2.49. The first-order valence-corrected chi connectivity index (χ1v) is 4.94. The van der Waals surface area contributed by atoms with Crippen LogP contribution in [0.4, 0.5) is 0 Å². The van der Waals surface area contributed by atoms with Gasteiger partial charge in [-0.05, 0) is 19.3 Å².